The summed E-state index contributed by atoms with van der Waals surface area (Å²) in [7, 11) is -7.68. The van der Waals surface area contributed by atoms with Crippen LogP contribution in [-0.2, 0) is 24.8 Å². The Morgan fingerprint density at radius 2 is 1.79 bits per heavy atom. The molecule has 1 aromatic heterocycles. The van der Waals surface area contributed by atoms with Gasteiger partial charge in [0.25, 0.3) is 15.9 Å². The maximum absolute atomic E-state index is 13.1. The molecule has 1 aliphatic heterocycles. The molecule has 28 heavy (non-hydrogen) atoms. The van der Waals surface area contributed by atoms with Crippen LogP contribution in [0.1, 0.15) is 0 Å². The van der Waals surface area contributed by atoms with Gasteiger partial charge in [-0.1, -0.05) is 30.3 Å². The Hall–Kier alpha value is -1.83. The quantitative estimate of drug-likeness (QED) is 0.512. The van der Waals surface area contributed by atoms with Crippen LogP contribution in [0.3, 0.4) is 0 Å². The smallest absolute Gasteiger partial charge is 0.263 e. The normalized spacial score (nSPS) is 19.4. The van der Waals surface area contributed by atoms with Crippen molar-refractivity contribution in [1.29, 1.82) is 0 Å². The number of hydrogen-bond donors (Lipinski definition) is 2. The number of amides is 1. The van der Waals surface area contributed by atoms with Gasteiger partial charge in [-0.05, 0) is 17.7 Å². The van der Waals surface area contributed by atoms with E-state index in [2.05, 4.69) is 0 Å². The molecular formula is C16H19N3O6S3. The summed E-state index contributed by atoms with van der Waals surface area (Å²) in [6.07, 6.45) is 0.983. The van der Waals surface area contributed by atoms with Gasteiger partial charge in [-0.25, -0.2) is 22.3 Å². The number of thiophene rings is 1. The molecule has 2 heterocycles. The first kappa shape index (κ1) is 20.9. The number of nitrogens with zero attached hydrogens (tertiary/aromatic N) is 2. The van der Waals surface area contributed by atoms with Crippen LogP contribution in [-0.4, -0.2) is 68.5 Å². The zero-order valence-electron chi connectivity index (χ0n) is 14.8. The Bertz CT molecular complexity index is 1070. The summed E-state index contributed by atoms with van der Waals surface area (Å²) in [6, 6.07) is 11.0. The number of carbonyl (C=O) groups is 1. The maximum atomic E-state index is 13.1. The molecule has 1 fully saturated rings. The van der Waals surface area contributed by atoms with E-state index in [1.165, 1.54) is 11.5 Å². The van der Waals surface area contributed by atoms with Gasteiger partial charge in [-0.2, -0.15) is 8.61 Å². The Balaban J connectivity index is 1.94. The predicted octanol–water partition coefficient (Wildman–Crippen LogP) is 0.555. The van der Waals surface area contributed by atoms with Crippen molar-refractivity contribution in [1.82, 2.24) is 14.1 Å². The van der Waals surface area contributed by atoms with Crippen molar-refractivity contribution >= 4 is 37.3 Å². The predicted molar refractivity (Wildman–Crippen MR) is 104 cm³/mol. The fourth-order valence-corrected chi connectivity index (χ4v) is 6.79. The minimum atomic E-state index is -4.06. The van der Waals surface area contributed by atoms with Crippen molar-refractivity contribution in [3.05, 3.63) is 42.5 Å². The van der Waals surface area contributed by atoms with Crippen LogP contribution in [0.4, 0.5) is 0 Å². The van der Waals surface area contributed by atoms with E-state index in [0.717, 1.165) is 36.6 Å². The Morgan fingerprint density at radius 3 is 2.39 bits per heavy atom. The number of sulfonamides is 2. The van der Waals surface area contributed by atoms with Gasteiger partial charge in [0.05, 0.1) is 6.26 Å². The second kappa shape index (κ2) is 7.89. The standard InChI is InChI=1S/C16H19N3O6S3/c1-27(22,23)18-9-10-19(13(11-18)16(20)17-21)28(24,25)15-8-7-14(26-15)12-5-3-2-4-6-12/h2-8,13,21H,9-11H2,1H3,(H,17,20)/t13-/m1/s1. The molecule has 3 rings (SSSR count). The van der Waals surface area contributed by atoms with Crippen molar-refractivity contribution < 1.29 is 26.8 Å². The summed E-state index contributed by atoms with van der Waals surface area (Å²) in [4.78, 5) is 12.8. The van der Waals surface area contributed by atoms with Gasteiger partial charge in [0.1, 0.15) is 10.3 Å². The summed E-state index contributed by atoms with van der Waals surface area (Å²) in [5.41, 5.74) is 2.29. The van der Waals surface area contributed by atoms with E-state index >= 15 is 0 Å². The number of rotatable bonds is 5. The van der Waals surface area contributed by atoms with Gasteiger partial charge in [0.2, 0.25) is 10.0 Å². The Kier molecular flexibility index (Phi) is 5.89. The first-order valence-corrected chi connectivity index (χ1v) is 12.3. The molecule has 9 nitrogen and oxygen atoms in total. The van der Waals surface area contributed by atoms with Crippen LogP contribution in [0.2, 0.25) is 0 Å². The zero-order chi connectivity index (χ0) is 20.5. The molecule has 0 radical (unpaired) electrons. The average Bonchev–Trinajstić information content (AvgIpc) is 3.18. The number of benzene rings is 1. The van der Waals surface area contributed by atoms with Crippen LogP contribution < -0.4 is 5.48 Å². The van der Waals surface area contributed by atoms with Crippen molar-refractivity contribution in [3.8, 4) is 10.4 Å². The van der Waals surface area contributed by atoms with Gasteiger partial charge >= 0.3 is 0 Å². The molecule has 0 aliphatic carbocycles. The van der Waals surface area contributed by atoms with Gasteiger partial charge in [-0.3, -0.25) is 10.0 Å². The Morgan fingerprint density at radius 1 is 1.11 bits per heavy atom. The van der Waals surface area contributed by atoms with Crippen LogP contribution in [0.15, 0.2) is 46.7 Å². The highest BCUT2D eigenvalue weighted by Gasteiger charge is 2.42. The summed E-state index contributed by atoms with van der Waals surface area (Å²) >= 11 is 1.06. The topological polar surface area (TPSA) is 124 Å². The molecule has 1 aromatic carbocycles. The number of hydroxylamine groups is 1. The molecule has 0 spiro atoms. The van der Waals surface area contributed by atoms with Crippen molar-refractivity contribution in [2.45, 2.75) is 10.3 Å². The van der Waals surface area contributed by atoms with Crippen molar-refractivity contribution in [2.24, 2.45) is 0 Å². The highest BCUT2D eigenvalue weighted by molar-refractivity contribution is 7.91. The lowest BCUT2D eigenvalue weighted by molar-refractivity contribution is -0.134. The van der Waals surface area contributed by atoms with Crippen LogP contribution in [0, 0.1) is 0 Å². The van der Waals surface area contributed by atoms with Crippen molar-refractivity contribution in [2.75, 3.05) is 25.9 Å². The van der Waals surface area contributed by atoms with E-state index in [9.17, 15) is 21.6 Å². The van der Waals surface area contributed by atoms with Gasteiger partial charge < -0.3 is 0 Å². The molecule has 152 valence electrons. The highest BCUT2D eigenvalue weighted by Crippen LogP contribution is 2.33. The van der Waals surface area contributed by atoms with E-state index in [1.807, 2.05) is 30.3 Å². The fourth-order valence-electron chi connectivity index (χ4n) is 2.95. The molecule has 2 N–H and O–H groups in total. The van der Waals surface area contributed by atoms with Crippen LogP contribution in [0.5, 0.6) is 0 Å². The second-order valence-electron chi connectivity index (χ2n) is 6.21. The number of hydrogen-bond acceptors (Lipinski definition) is 7. The van der Waals surface area contributed by atoms with Crippen LogP contribution >= 0.6 is 11.3 Å². The van der Waals surface area contributed by atoms with Crippen molar-refractivity contribution in [3.63, 3.8) is 0 Å². The van der Waals surface area contributed by atoms with Crippen LogP contribution in [0.25, 0.3) is 10.4 Å². The van der Waals surface area contributed by atoms with E-state index < -0.39 is 32.0 Å². The molecule has 2 aromatic rings. The molecule has 1 atom stereocenters. The van der Waals surface area contributed by atoms with E-state index in [-0.39, 0.29) is 23.8 Å². The summed E-state index contributed by atoms with van der Waals surface area (Å²) in [6.45, 7) is -0.655. The molecule has 0 saturated carbocycles. The molecule has 1 aliphatic rings. The largest absolute Gasteiger partial charge is 0.289 e. The average molecular weight is 446 g/mol. The minimum Gasteiger partial charge on any atom is -0.289 e. The number of nitrogens with one attached hydrogen (secondary N) is 1. The number of carbonyl (C=O) groups excluding carboxylic acids is 1. The summed E-state index contributed by atoms with van der Waals surface area (Å²) < 4.78 is 51.8. The number of piperazine rings is 1. The molecule has 0 bridgehead atoms. The Labute approximate surface area is 167 Å². The van der Waals surface area contributed by atoms with E-state index in [0.29, 0.717) is 0 Å². The molecule has 0 unspecified atom stereocenters. The van der Waals surface area contributed by atoms with Gasteiger partial charge in [0, 0.05) is 24.5 Å². The lowest BCUT2D eigenvalue weighted by Crippen LogP contribution is -2.60. The summed E-state index contributed by atoms with van der Waals surface area (Å²) in [5, 5.41) is 9.00. The highest BCUT2D eigenvalue weighted by atomic mass is 32.2. The third kappa shape index (κ3) is 4.11. The lowest BCUT2D eigenvalue weighted by atomic mass is 10.2. The first-order chi connectivity index (χ1) is 13.1. The molecule has 1 saturated heterocycles. The first-order valence-electron chi connectivity index (χ1n) is 8.21. The third-order valence-corrected chi connectivity index (χ3v) is 9.16. The third-order valence-electron chi connectivity index (χ3n) is 4.38. The molecular weight excluding hydrogens is 426 g/mol. The van der Waals surface area contributed by atoms with E-state index in [1.54, 1.807) is 6.07 Å². The molecule has 12 heteroatoms. The zero-order valence-corrected chi connectivity index (χ0v) is 17.3. The summed E-state index contributed by atoms with van der Waals surface area (Å²) in [5.74, 6) is -0.989. The fraction of sp³-hybridized carbons (Fsp3) is 0.312. The second-order valence-corrected chi connectivity index (χ2v) is 11.4. The minimum absolute atomic E-state index is 0.0369. The molecule has 1 amide bonds. The van der Waals surface area contributed by atoms with E-state index in [4.69, 9.17) is 5.21 Å². The van der Waals surface area contributed by atoms with Gasteiger partial charge in [0.15, 0.2) is 0 Å². The maximum Gasteiger partial charge on any atom is 0.263 e. The lowest BCUT2D eigenvalue weighted by Gasteiger charge is -2.37. The van der Waals surface area contributed by atoms with Gasteiger partial charge in [-0.15, -0.1) is 11.3 Å². The monoisotopic (exact) mass is 445 g/mol. The SMILES string of the molecule is CS(=O)(=O)N1CCN(S(=O)(=O)c2ccc(-c3ccccc3)s2)[C@@H](C(=O)NO)C1.